The van der Waals surface area contributed by atoms with Crippen molar-refractivity contribution in [1.82, 2.24) is 10.2 Å². The van der Waals surface area contributed by atoms with Gasteiger partial charge in [-0.3, -0.25) is 14.9 Å². The van der Waals surface area contributed by atoms with Crippen LogP contribution in [0.15, 0.2) is 42.5 Å². The van der Waals surface area contributed by atoms with Crippen molar-refractivity contribution in [2.75, 3.05) is 36.4 Å². The van der Waals surface area contributed by atoms with Gasteiger partial charge in [-0.25, -0.2) is 0 Å². The van der Waals surface area contributed by atoms with Gasteiger partial charge in [0.25, 0.3) is 5.91 Å². The van der Waals surface area contributed by atoms with Crippen LogP contribution in [-0.4, -0.2) is 48.0 Å². The van der Waals surface area contributed by atoms with Gasteiger partial charge in [0.05, 0.1) is 11.4 Å². The van der Waals surface area contributed by atoms with Gasteiger partial charge in [-0.15, -0.1) is 0 Å². The molecular formula is C24H30N4O2S. The lowest BCUT2D eigenvalue weighted by Crippen LogP contribution is -2.50. The van der Waals surface area contributed by atoms with Crippen LogP contribution in [0.5, 0.6) is 0 Å². The topological polar surface area (TPSA) is 64.7 Å². The van der Waals surface area contributed by atoms with Crippen LogP contribution in [0.25, 0.3) is 0 Å². The van der Waals surface area contributed by atoms with Gasteiger partial charge in [0.15, 0.2) is 5.11 Å². The molecule has 1 saturated heterocycles. The van der Waals surface area contributed by atoms with Crippen LogP contribution < -0.4 is 15.5 Å². The van der Waals surface area contributed by atoms with E-state index in [1.807, 2.05) is 69.0 Å². The number of amides is 2. The van der Waals surface area contributed by atoms with Crippen LogP contribution in [0.2, 0.25) is 0 Å². The van der Waals surface area contributed by atoms with E-state index in [9.17, 15) is 9.59 Å². The fourth-order valence-corrected chi connectivity index (χ4v) is 3.80. The van der Waals surface area contributed by atoms with E-state index < -0.39 is 0 Å². The Kier molecular flexibility index (Phi) is 7.28. The molecule has 0 spiro atoms. The van der Waals surface area contributed by atoms with E-state index in [1.165, 1.54) is 0 Å². The Balaban J connectivity index is 1.64. The summed E-state index contributed by atoms with van der Waals surface area (Å²) in [6.07, 6.45) is 0. The molecule has 7 heteroatoms. The normalized spacial score (nSPS) is 13.8. The molecule has 1 aliphatic rings. The zero-order valence-electron chi connectivity index (χ0n) is 18.6. The number of benzene rings is 2. The van der Waals surface area contributed by atoms with E-state index in [1.54, 1.807) is 6.07 Å². The Morgan fingerprint density at radius 3 is 2.29 bits per heavy atom. The van der Waals surface area contributed by atoms with Crippen molar-refractivity contribution in [3.63, 3.8) is 0 Å². The van der Waals surface area contributed by atoms with E-state index in [4.69, 9.17) is 12.2 Å². The van der Waals surface area contributed by atoms with Gasteiger partial charge in [0.2, 0.25) is 5.91 Å². The lowest BCUT2D eigenvalue weighted by Gasteiger charge is -2.37. The Labute approximate surface area is 189 Å². The number of hydrogen-bond acceptors (Lipinski definition) is 4. The molecule has 2 aromatic carbocycles. The second kappa shape index (κ2) is 9.92. The van der Waals surface area contributed by atoms with Crippen molar-refractivity contribution in [2.45, 2.75) is 27.7 Å². The average Bonchev–Trinajstić information content (AvgIpc) is 2.75. The Morgan fingerprint density at radius 1 is 0.968 bits per heavy atom. The number of piperazine rings is 1. The molecule has 0 unspecified atom stereocenters. The van der Waals surface area contributed by atoms with E-state index in [0.29, 0.717) is 18.7 Å². The van der Waals surface area contributed by atoms with Crippen molar-refractivity contribution in [3.8, 4) is 0 Å². The molecule has 1 aliphatic heterocycles. The maximum Gasteiger partial charge on any atom is 0.257 e. The van der Waals surface area contributed by atoms with Gasteiger partial charge < -0.3 is 15.1 Å². The molecular weight excluding hydrogens is 408 g/mol. The molecule has 2 N–H and O–H groups in total. The van der Waals surface area contributed by atoms with Crippen LogP contribution in [0.4, 0.5) is 11.4 Å². The quantitative estimate of drug-likeness (QED) is 0.712. The number of hydrogen-bond donors (Lipinski definition) is 2. The number of anilines is 2. The van der Waals surface area contributed by atoms with Crippen LogP contribution >= 0.6 is 12.2 Å². The first kappa shape index (κ1) is 22.7. The lowest BCUT2D eigenvalue weighted by atomic mass is 10.1. The highest BCUT2D eigenvalue weighted by Crippen LogP contribution is 2.27. The van der Waals surface area contributed by atoms with Crippen molar-refractivity contribution in [2.24, 2.45) is 5.92 Å². The first-order chi connectivity index (χ1) is 14.8. The summed E-state index contributed by atoms with van der Waals surface area (Å²) in [5.74, 6) is -0.0287. The minimum absolute atomic E-state index is 0.0128. The third kappa shape index (κ3) is 5.61. The standard InChI is InChI=1S/C24H30N4O2S/c1-16(2)23(30)28-13-11-27(12-14-28)21-8-6-5-7-20(21)25-24(31)26-22(29)19-10-9-17(3)18(4)15-19/h5-10,15-16H,11-14H2,1-4H3,(H2,25,26,29,31). The predicted octanol–water partition coefficient (Wildman–Crippen LogP) is 3.73. The van der Waals surface area contributed by atoms with Crippen molar-refractivity contribution in [1.29, 1.82) is 0 Å². The highest BCUT2D eigenvalue weighted by molar-refractivity contribution is 7.80. The fraction of sp³-hybridized carbons (Fsp3) is 0.375. The molecule has 1 heterocycles. The minimum atomic E-state index is -0.237. The molecule has 0 bridgehead atoms. The second-order valence-corrected chi connectivity index (χ2v) is 8.60. The fourth-order valence-electron chi connectivity index (χ4n) is 3.60. The molecule has 2 amide bonds. The summed E-state index contributed by atoms with van der Waals surface area (Å²) in [7, 11) is 0. The van der Waals surface area contributed by atoms with Gasteiger partial charge in [-0.05, 0) is 61.5 Å². The number of aryl methyl sites for hydroxylation is 2. The van der Waals surface area contributed by atoms with E-state index in [2.05, 4.69) is 15.5 Å². The van der Waals surface area contributed by atoms with Gasteiger partial charge in [0, 0.05) is 37.7 Å². The zero-order chi connectivity index (χ0) is 22.5. The smallest absolute Gasteiger partial charge is 0.257 e. The predicted molar refractivity (Wildman–Crippen MR) is 130 cm³/mol. The second-order valence-electron chi connectivity index (χ2n) is 8.19. The Bertz CT molecular complexity index is 981. The van der Waals surface area contributed by atoms with E-state index >= 15 is 0 Å². The summed E-state index contributed by atoms with van der Waals surface area (Å²) >= 11 is 5.40. The molecule has 3 rings (SSSR count). The lowest BCUT2D eigenvalue weighted by molar-refractivity contribution is -0.134. The molecule has 0 aromatic heterocycles. The number of nitrogens with zero attached hydrogens (tertiary/aromatic N) is 2. The molecule has 31 heavy (non-hydrogen) atoms. The van der Waals surface area contributed by atoms with E-state index in [0.717, 1.165) is 35.6 Å². The van der Waals surface area contributed by atoms with Gasteiger partial charge in [-0.2, -0.15) is 0 Å². The Hall–Kier alpha value is -2.93. The molecule has 0 saturated carbocycles. The van der Waals surface area contributed by atoms with Crippen LogP contribution in [0.1, 0.15) is 35.3 Å². The maximum absolute atomic E-state index is 12.6. The van der Waals surface area contributed by atoms with E-state index in [-0.39, 0.29) is 22.8 Å². The molecule has 1 fully saturated rings. The summed E-state index contributed by atoms with van der Waals surface area (Å²) in [6, 6.07) is 13.5. The number of nitrogens with one attached hydrogen (secondary N) is 2. The molecule has 0 aliphatic carbocycles. The monoisotopic (exact) mass is 438 g/mol. The molecule has 0 radical (unpaired) electrons. The summed E-state index contributed by atoms with van der Waals surface area (Å²) in [4.78, 5) is 29.0. The van der Waals surface area contributed by atoms with Crippen LogP contribution in [0.3, 0.4) is 0 Å². The number of rotatable bonds is 4. The Morgan fingerprint density at radius 2 is 1.65 bits per heavy atom. The van der Waals surface area contributed by atoms with Gasteiger partial charge in [-0.1, -0.05) is 32.0 Å². The third-order valence-corrected chi connectivity index (χ3v) is 5.78. The molecule has 2 aromatic rings. The highest BCUT2D eigenvalue weighted by atomic mass is 32.1. The summed E-state index contributed by atoms with van der Waals surface area (Å²) < 4.78 is 0. The summed E-state index contributed by atoms with van der Waals surface area (Å²) in [6.45, 7) is 10.7. The minimum Gasteiger partial charge on any atom is -0.366 e. The first-order valence-electron chi connectivity index (χ1n) is 10.6. The first-order valence-corrected chi connectivity index (χ1v) is 11.0. The largest absolute Gasteiger partial charge is 0.366 e. The molecule has 0 atom stereocenters. The summed E-state index contributed by atoms with van der Waals surface area (Å²) in [5.41, 5.74) is 4.61. The third-order valence-electron chi connectivity index (χ3n) is 5.57. The summed E-state index contributed by atoms with van der Waals surface area (Å²) in [5, 5.41) is 6.18. The highest BCUT2D eigenvalue weighted by Gasteiger charge is 2.24. The van der Waals surface area contributed by atoms with Crippen molar-refractivity contribution >= 4 is 40.5 Å². The van der Waals surface area contributed by atoms with Crippen LogP contribution in [0, 0.1) is 19.8 Å². The maximum atomic E-state index is 12.6. The van der Waals surface area contributed by atoms with Crippen LogP contribution in [-0.2, 0) is 4.79 Å². The zero-order valence-corrected chi connectivity index (χ0v) is 19.4. The SMILES string of the molecule is Cc1ccc(C(=O)NC(=S)Nc2ccccc2N2CCN(C(=O)C(C)C)CC2)cc1C. The van der Waals surface area contributed by atoms with Crippen molar-refractivity contribution < 1.29 is 9.59 Å². The molecule has 164 valence electrons. The van der Waals surface area contributed by atoms with Gasteiger partial charge >= 0.3 is 0 Å². The number of para-hydroxylation sites is 2. The average molecular weight is 439 g/mol. The van der Waals surface area contributed by atoms with Crippen molar-refractivity contribution in [3.05, 3.63) is 59.2 Å². The number of carbonyl (C=O) groups is 2. The number of carbonyl (C=O) groups excluding carboxylic acids is 2. The number of thiocarbonyl (C=S) groups is 1. The molecule has 6 nitrogen and oxygen atoms in total. The van der Waals surface area contributed by atoms with Gasteiger partial charge in [0.1, 0.15) is 0 Å².